The van der Waals surface area contributed by atoms with E-state index in [9.17, 15) is 18.9 Å². The van der Waals surface area contributed by atoms with E-state index in [1.807, 2.05) is 4.90 Å². The molecule has 2 unspecified atom stereocenters. The van der Waals surface area contributed by atoms with Crippen molar-refractivity contribution in [2.75, 3.05) is 37.8 Å². The van der Waals surface area contributed by atoms with Crippen LogP contribution in [0.25, 0.3) is 0 Å². The summed E-state index contributed by atoms with van der Waals surface area (Å²) in [5.74, 6) is 5.33. The zero-order valence-electron chi connectivity index (χ0n) is 24.5. The molecule has 2 aromatic carbocycles. The van der Waals surface area contributed by atoms with Crippen LogP contribution in [0.4, 0.5) is 5.69 Å². The first-order valence-electron chi connectivity index (χ1n) is 13.9. The van der Waals surface area contributed by atoms with E-state index in [0.29, 0.717) is 34.7 Å². The van der Waals surface area contributed by atoms with Gasteiger partial charge in [-0.25, -0.2) is 4.21 Å². The molecule has 0 bridgehead atoms. The number of carbonyl (C=O) groups excluding carboxylic acids is 2. The van der Waals surface area contributed by atoms with Crippen LogP contribution in [0.1, 0.15) is 44.0 Å². The Morgan fingerprint density at radius 2 is 1.84 bits per heavy atom. The van der Waals surface area contributed by atoms with Gasteiger partial charge in [-0.15, -0.1) is 0 Å². The molecule has 4 aromatic rings. The van der Waals surface area contributed by atoms with Crippen molar-refractivity contribution in [2.45, 2.75) is 24.3 Å². The minimum Gasteiger partial charge on any atom is -0.459 e. The van der Waals surface area contributed by atoms with Crippen molar-refractivity contribution in [3.8, 4) is 11.8 Å². The Morgan fingerprint density at radius 3 is 2.57 bits per heavy atom. The van der Waals surface area contributed by atoms with Gasteiger partial charge in [-0.05, 0) is 69.4 Å². The van der Waals surface area contributed by atoms with Crippen molar-refractivity contribution in [1.82, 2.24) is 9.88 Å². The fraction of sp³-hybridized carbons (Fsp3) is 0.242. The Kier molecular flexibility index (Phi) is 11.2. The highest BCUT2D eigenvalue weighted by Gasteiger charge is 2.18. The number of carbonyl (C=O) groups is 2. The molecule has 0 aliphatic rings. The van der Waals surface area contributed by atoms with Gasteiger partial charge in [0.2, 0.25) is 0 Å². The second kappa shape index (κ2) is 15.2. The van der Waals surface area contributed by atoms with Crippen molar-refractivity contribution in [3.63, 3.8) is 0 Å². The predicted molar refractivity (Wildman–Crippen MR) is 168 cm³/mol. The van der Waals surface area contributed by atoms with Gasteiger partial charge in [0.1, 0.15) is 0 Å². The van der Waals surface area contributed by atoms with Crippen molar-refractivity contribution in [3.05, 3.63) is 113 Å². The molecule has 10 nitrogen and oxygen atoms in total. The number of rotatable bonds is 11. The molecule has 3 N–H and O–H groups in total. The Bertz CT molecular complexity index is 1780. The van der Waals surface area contributed by atoms with Gasteiger partial charge in [-0.2, -0.15) is 4.36 Å². The molecule has 2 amide bonds. The average molecular weight is 615 g/mol. The monoisotopic (exact) mass is 614 g/mol. The number of anilines is 1. The number of pyridine rings is 1. The van der Waals surface area contributed by atoms with Crippen molar-refractivity contribution in [2.24, 2.45) is 4.36 Å². The Balaban J connectivity index is 1.51. The maximum Gasteiger partial charge on any atom is 0.291 e. The van der Waals surface area contributed by atoms with E-state index < -0.39 is 21.7 Å². The molecule has 0 saturated carbocycles. The van der Waals surface area contributed by atoms with E-state index in [-0.39, 0.29) is 36.1 Å². The molecular weight excluding hydrogens is 580 g/mol. The number of furan rings is 1. The van der Waals surface area contributed by atoms with Gasteiger partial charge in [0, 0.05) is 52.0 Å². The Morgan fingerprint density at radius 1 is 1.07 bits per heavy atom. The van der Waals surface area contributed by atoms with Crippen LogP contribution < -0.4 is 5.32 Å². The molecule has 228 valence electrons. The number of hydrogen-bond donors (Lipinski definition) is 3. The first kappa shape index (κ1) is 32.3. The summed E-state index contributed by atoms with van der Waals surface area (Å²) in [5, 5.41) is 21.5. The summed E-state index contributed by atoms with van der Waals surface area (Å²) >= 11 is 0. The standard InChI is InChI=1S/C33H34N4O6S/c1-24-14-16-43-31(24)33(41)35-28-9-6-8-25(19-28)12-13-26-18-27(21-34-20-26)32(40)36-44(42,30-10-4-3-5-11-30)17-7-15-37(2)22-29(39)23-38/h3-6,8-11,14,16,18-21,29,38-39H,7,15,17,22-23H2,1-2H3,(H,35,41). The number of hydrogen-bond acceptors (Lipinski definition) is 8. The van der Waals surface area contributed by atoms with Gasteiger partial charge >= 0.3 is 0 Å². The summed E-state index contributed by atoms with van der Waals surface area (Å²) in [6.45, 7) is 2.20. The SMILES string of the molecule is Cc1ccoc1C(=O)Nc1cccc(C#Cc2cncc(C(=O)N=S(=O)(CCCN(C)CC(O)CO)c3ccccc3)c2)c1. The number of nitrogens with one attached hydrogen (secondary N) is 1. The number of aromatic nitrogens is 1. The molecule has 0 aliphatic carbocycles. The lowest BCUT2D eigenvalue weighted by Gasteiger charge is -2.19. The maximum atomic E-state index is 14.0. The van der Waals surface area contributed by atoms with Gasteiger partial charge in [-0.3, -0.25) is 14.6 Å². The lowest BCUT2D eigenvalue weighted by atomic mass is 10.1. The highest BCUT2D eigenvalue weighted by atomic mass is 32.2. The van der Waals surface area contributed by atoms with Crippen molar-refractivity contribution in [1.29, 1.82) is 0 Å². The summed E-state index contributed by atoms with van der Waals surface area (Å²) in [7, 11) is -1.33. The molecule has 0 spiro atoms. The summed E-state index contributed by atoms with van der Waals surface area (Å²) in [5.41, 5.74) is 2.52. The number of benzene rings is 2. The van der Waals surface area contributed by atoms with Gasteiger partial charge in [0.25, 0.3) is 11.8 Å². The molecule has 2 aromatic heterocycles. The second-order valence-corrected chi connectivity index (χ2v) is 12.5. The lowest BCUT2D eigenvalue weighted by Crippen LogP contribution is -2.32. The molecule has 11 heteroatoms. The number of likely N-dealkylation sites (N-methyl/N-ethyl adjacent to an activating group) is 1. The molecule has 4 rings (SSSR count). The Hall–Kier alpha value is -4.60. The summed E-state index contributed by atoms with van der Waals surface area (Å²) in [6, 6.07) is 18.9. The molecular formula is C33H34N4O6S. The van der Waals surface area contributed by atoms with E-state index in [2.05, 4.69) is 26.5 Å². The predicted octanol–water partition coefficient (Wildman–Crippen LogP) is 3.98. The second-order valence-electron chi connectivity index (χ2n) is 10.2. The van der Waals surface area contributed by atoms with Crippen LogP contribution in [0, 0.1) is 18.8 Å². The minimum atomic E-state index is -3.11. The number of nitrogens with zero attached hydrogens (tertiary/aromatic N) is 3. The number of aryl methyl sites for hydroxylation is 1. The molecule has 0 saturated heterocycles. The first-order valence-corrected chi connectivity index (χ1v) is 15.6. The van der Waals surface area contributed by atoms with Gasteiger partial charge in [0.15, 0.2) is 5.76 Å². The highest BCUT2D eigenvalue weighted by molar-refractivity contribution is 7.94. The zero-order valence-corrected chi connectivity index (χ0v) is 25.3. The van der Waals surface area contributed by atoms with Crippen LogP contribution >= 0.6 is 0 Å². The third kappa shape index (κ3) is 8.95. The smallest absolute Gasteiger partial charge is 0.291 e. The fourth-order valence-electron chi connectivity index (χ4n) is 4.31. The molecule has 44 heavy (non-hydrogen) atoms. The topological polar surface area (TPSA) is 145 Å². The van der Waals surface area contributed by atoms with E-state index >= 15 is 0 Å². The quantitative estimate of drug-likeness (QED) is 0.215. The van der Waals surface area contributed by atoms with Crippen LogP contribution in [0.5, 0.6) is 0 Å². The molecule has 2 heterocycles. The third-order valence-electron chi connectivity index (χ3n) is 6.56. The molecule has 0 radical (unpaired) electrons. The van der Waals surface area contributed by atoms with Crippen LogP contribution in [-0.4, -0.2) is 74.7 Å². The van der Waals surface area contributed by atoms with Gasteiger partial charge in [0.05, 0.1) is 34.3 Å². The summed E-state index contributed by atoms with van der Waals surface area (Å²) in [6.07, 6.45) is 3.91. The normalized spacial score (nSPS) is 12.9. The molecule has 0 fully saturated rings. The van der Waals surface area contributed by atoms with Crippen LogP contribution in [0.2, 0.25) is 0 Å². The fourth-order valence-corrected chi connectivity index (χ4v) is 6.22. The maximum absolute atomic E-state index is 14.0. The van der Waals surface area contributed by atoms with Crippen molar-refractivity contribution >= 4 is 27.2 Å². The zero-order chi connectivity index (χ0) is 31.5. The van der Waals surface area contributed by atoms with E-state index in [0.717, 1.165) is 5.56 Å². The van der Waals surface area contributed by atoms with E-state index in [4.69, 9.17) is 9.52 Å². The van der Waals surface area contributed by atoms with Gasteiger partial charge < -0.3 is 24.8 Å². The Labute approximate surface area is 256 Å². The van der Waals surface area contributed by atoms with Crippen LogP contribution in [0.3, 0.4) is 0 Å². The largest absolute Gasteiger partial charge is 0.459 e. The van der Waals surface area contributed by atoms with Crippen LogP contribution in [-0.2, 0) is 9.73 Å². The third-order valence-corrected chi connectivity index (χ3v) is 8.87. The van der Waals surface area contributed by atoms with Gasteiger partial charge in [-0.1, -0.05) is 36.1 Å². The summed E-state index contributed by atoms with van der Waals surface area (Å²) in [4.78, 5) is 32.2. The minimum absolute atomic E-state index is 0.127. The molecule has 0 aliphatic heterocycles. The lowest BCUT2D eigenvalue weighted by molar-refractivity contribution is 0.0667. The van der Waals surface area contributed by atoms with Crippen LogP contribution in [0.15, 0.2) is 99.1 Å². The van der Waals surface area contributed by atoms with E-state index in [1.165, 1.54) is 18.7 Å². The van der Waals surface area contributed by atoms with E-state index in [1.54, 1.807) is 80.7 Å². The number of amides is 2. The first-order chi connectivity index (χ1) is 21.2. The van der Waals surface area contributed by atoms with Crippen molar-refractivity contribution < 1.29 is 28.4 Å². The number of aliphatic hydroxyl groups is 2. The highest BCUT2D eigenvalue weighted by Crippen LogP contribution is 2.18. The average Bonchev–Trinajstić information content (AvgIpc) is 3.46. The molecule has 2 atom stereocenters. The number of aliphatic hydroxyl groups excluding tert-OH is 2. The summed E-state index contributed by atoms with van der Waals surface area (Å²) < 4.78 is 23.5.